The summed E-state index contributed by atoms with van der Waals surface area (Å²) in [6, 6.07) is 6.12. The lowest BCUT2D eigenvalue weighted by molar-refractivity contribution is -0.153. The molecular formula is C27H33BrN2O7. The van der Waals surface area contributed by atoms with Crippen LogP contribution in [0.25, 0.3) is 0 Å². The third kappa shape index (κ3) is 4.70. The van der Waals surface area contributed by atoms with Crippen LogP contribution in [0, 0.1) is 11.8 Å². The lowest BCUT2D eigenvalue weighted by Crippen LogP contribution is -2.57. The first-order valence-corrected chi connectivity index (χ1v) is 13.3. The van der Waals surface area contributed by atoms with Crippen LogP contribution < -0.4 is 9.64 Å². The number of esters is 1. The Kier molecular flexibility index (Phi) is 8.40. The van der Waals surface area contributed by atoms with E-state index in [-0.39, 0.29) is 42.9 Å². The van der Waals surface area contributed by atoms with Gasteiger partial charge in [-0.3, -0.25) is 14.4 Å². The van der Waals surface area contributed by atoms with E-state index < -0.39 is 35.6 Å². The minimum absolute atomic E-state index is 0.0239. The van der Waals surface area contributed by atoms with Crippen molar-refractivity contribution < 1.29 is 33.7 Å². The Morgan fingerprint density at radius 1 is 1.27 bits per heavy atom. The molecular weight excluding hydrogens is 544 g/mol. The van der Waals surface area contributed by atoms with E-state index in [1.165, 1.54) is 11.0 Å². The number of alkyl halides is 1. The van der Waals surface area contributed by atoms with Crippen molar-refractivity contribution in [2.24, 2.45) is 11.8 Å². The van der Waals surface area contributed by atoms with Crippen molar-refractivity contribution in [3.63, 3.8) is 0 Å². The largest absolute Gasteiger partial charge is 0.497 e. The Balaban J connectivity index is 1.75. The van der Waals surface area contributed by atoms with Gasteiger partial charge in [0.15, 0.2) is 0 Å². The van der Waals surface area contributed by atoms with Crippen molar-refractivity contribution in [3.8, 4) is 5.75 Å². The summed E-state index contributed by atoms with van der Waals surface area (Å²) in [7, 11) is 1.57. The first-order valence-electron chi connectivity index (χ1n) is 12.4. The molecule has 3 saturated heterocycles. The SMILES string of the molecule is C=CCOC(=O)[C@H]1[C@@H]2OC3(CC2Br)C(C(=O)N(CC=C)c2ccc(OC)cc2)N(CCCCO)C(=O)[C@H]13. The van der Waals surface area contributed by atoms with Crippen LogP contribution in [-0.2, 0) is 23.9 Å². The van der Waals surface area contributed by atoms with Crippen LogP contribution >= 0.6 is 15.9 Å². The fraction of sp³-hybridized carbons (Fsp3) is 0.519. The highest BCUT2D eigenvalue weighted by atomic mass is 79.9. The Morgan fingerprint density at radius 3 is 2.62 bits per heavy atom. The number of anilines is 1. The third-order valence-electron chi connectivity index (χ3n) is 7.41. The Labute approximate surface area is 225 Å². The van der Waals surface area contributed by atoms with Crippen LogP contribution in [-0.4, -0.2) is 83.8 Å². The highest BCUT2D eigenvalue weighted by molar-refractivity contribution is 9.09. The van der Waals surface area contributed by atoms with Gasteiger partial charge in [0.05, 0.1) is 25.0 Å². The fourth-order valence-corrected chi connectivity index (χ4v) is 6.85. The topological polar surface area (TPSA) is 106 Å². The summed E-state index contributed by atoms with van der Waals surface area (Å²) in [6.07, 6.45) is 3.89. The number of rotatable bonds is 12. The van der Waals surface area contributed by atoms with E-state index in [0.717, 1.165) is 0 Å². The van der Waals surface area contributed by atoms with E-state index in [1.54, 1.807) is 42.4 Å². The molecule has 3 aliphatic heterocycles. The predicted octanol–water partition coefficient (Wildman–Crippen LogP) is 2.46. The molecule has 2 amide bonds. The zero-order valence-corrected chi connectivity index (χ0v) is 22.5. The molecule has 9 nitrogen and oxygen atoms in total. The summed E-state index contributed by atoms with van der Waals surface area (Å²) >= 11 is 3.64. The summed E-state index contributed by atoms with van der Waals surface area (Å²) in [5.74, 6) is -2.17. The van der Waals surface area contributed by atoms with Crippen molar-refractivity contribution >= 4 is 39.4 Å². The molecule has 3 fully saturated rings. The number of fused-ring (bicyclic) bond motifs is 1. The summed E-state index contributed by atoms with van der Waals surface area (Å²) < 4.78 is 17.1. The Hall–Kier alpha value is -2.69. The van der Waals surface area contributed by atoms with Crippen LogP contribution in [0.3, 0.4) is 0 Å². The van der Waals surface area contributed by atoms with Gasteiger partial charge < -0.3 is 29.1 Å². The minimum Gasteiger partial charge on any atom is -0.497 e. The van der Waals surface area contributed by atoms with Crippen LogP contribution in [0.2, 0.25) is 0 Å². The molecule has 1 aromatic rings. The molecule has 3 unspecified atom stereocenters. The first-order chi connectivity index (χ1) is 17.8. The number of nitrogens with zero attached hydrogens (tertiary/aromatic N) is 2. The number of halogens is 1. The normalized spacial score (nSPS) is 29.6. The first kappa shape index (κ1) is 27.3. The van der Waals surface area contributed by atoms with Gasteiger partial charge in [0.1, 0.15) is 24.0 Å². The fourth-order valence-electron chi connectivity index (χ4n) is 5.91. The monoisotopic (exact) mass is 576 g/mol. The maximum Gasteiger partial charge on any atom is 0.312 e. The summed E-state index contributed by atoms with van der Waals surface area (Å²) in [5, 5.41) is 9.33. The number of hydrogen-bond acceptors (Lipinski definition) is 7. The molecule has 3 aliphatic rings. The van der Waals surface area contributed by atoms with E-state index in [1.807, 2.05) is 0 Å². The number of carbonyl (C=O) groups excluding carboxylic acids is 3. The van der Waals surface area contributed by atoms with E-state index >= 15 is 0 Å². The molecule has 10 heteroatoms. The standard InChI is InChI=1S/C27H33BrN2O7/c1-4-12-29(17-8-10-18(35-3)11-9-17)25(33)23-27-16-19(28)22(37-27)20(26(34)36-15-5-2)21(27)24(32)30(23)13-6-7-14-31/h4-5,8-11,19-23,31H,1-2,6-7,12-16H2,3H3/t19?,20-,21+,22-,23?,27?/m1/s1. The molecule has 2 bridgehead atoms. The molecule has 0 aromatic heterocycles. The number of methoxy groups -OCH3 is 1. The van der Waals surface area contributed by atoms with Crippen LogP contribution in [0.15, 0.2) is 49.6 Å². The Morgan fingerprint density at radius 2 is 2.00 bits per heavy atom. The molecule has 4 rings (SSSR count). The Bertz CT molecular complexity index is 1050. The molecule has 1 N–H and O–H groups in total. The van der Waals surface area contributed by atoms with Crippen molar-refractivity contribution in [2.45, 2.75) is 41.8 Å². The highest BCUT2D eigenvalue weighted by Crippen LogP contribution is 2.60. The molecule has 200 valence electrons. The number of likely N-dealkylation sites (tertiary alicyclic amines) is 1. The van der Waals surface area contributed by atoms with Crippen molar-refractivity contribution in [1.29, 1.82) is 0 Å². The van der Waals surface area contributed by atoms with Crippen LogP contribution in [0.1, 0.15) is 19.3 Å². The molecule has 6 atom stereocenters. The van der Waals surface area contributed by atoms with Crippen molar-refractivity contribution in [3.05, 3.63) is 49.6 Å². The maximum atomic E-state index is 14.3. The smallest absolute Gasteiger partial charge is 0.312 e. The number of unbranched alkanes of at least 4 members (excludes halogenated alkanes) is 1. The minimum atomic E-state index is -1.18. The van der Waals surface area contributed by atoms with E-state index in [4.69, 9.17) is 14.2 Å². The lowest BCUT2D eigenvalue weighted by atomic mass is 9.70. The van der Waals surface area contributed by atoms with E-state index in [0.29, 0.717) is 30.7 Å². The van der Waals surface area contributed by atoms with E-state index in [9.17, 15) is 19.5 Å². The van der Waals surface area contributed by atoms with Gasteiger partial charge in [-0.2, -0.15) is 0 Å². The molecule has 37 heavy (non-hydrogen) atoms. The molecule has 1 spiro atoms. The molecule has 0 radical (unpaired) electrons. The van der Waals surface area contributed by atoms with Gasteiger partial charge in [-0.25, -0.2) is 0 Å². The number of amides is 2. The van der Waals surface area contributed by atoms with Gasteiger partial charge in [0, 0.05) is 30.2 Å². The average molecular weight is 577 g/mol. The number of aliphatic hydroxyl groups is 1. The summed E-state index contributed by atoms with van der Waals surface area (Å²) in [5.41, 5.74) is -0.561. The van der Waals surface area contributed by atoms with Gasteiger partial charge in [-0.15, -0.1) is 6.58 Å². The second kappa shape index (κ2) is 11.4. The summed E-state index contributed by atoms with van der Waals surface area (Å²) in [6.45, 7) is 7.88. The maximum absolute atomic E-state index is 14.3. The second-order valence-electron chi connectivity index (χ2n) is 9.48. The number of carbonyl (C=O) groups is 3. The molecule has 1 aromatic carbocycles. The number of benzene rings is 1. The van der Waals surface area contributed by atoms with Gasteiger partial charge in [-0.05, 0) is 43.5 Å². The number of aliphatic hydroxyl groups excluding tert-OH is 1. The summed E-state index contributed by atoms with van der Waals surface area (Å²) in [4.78, 5) is 44.2. The average Bonchev–Trinajstić information content (AvgIpc) is 3.49. The van der Waals surface area contributed by atoms with E-state index in [2.05, 4.69) is 29.1 Å². The molecule has 3 heterocycles. The van der Waals surface area contributed by atoms with Crippen LogP contribution in [0.5, 0.6) is 5.75 Å². The number of hydrogen-bond donors (Lipinski definition) is 1. The number of ether oxygens (including phenoxy) is 3. The third-order valence-corrected chi connectivity index (χ3v) is 8.25. The van der Waals surface area contributed by atoms with Gasteiger partial charge in [0.25, 0.3) is 5.91 Å². The van der Waals surface area contributed by atoms with Gasteiger partial charge >= 0.3 is 5.97 Å². The lowest BCUT2D eigenvalue weighted by Gasteiger charge is -2.37. The molecule has 0 saturated carbocycles. The zero-order valence-electron chi connectivity index (χ0n) is 20.9. The predicted molar refractivity (Wildman–Crippen MR) is 140 cm³/mol. The van der Waals surface area contributed by atoms with Crippen LogP contribution in [0.4, 0.5) is 5.69 Å². The van der Waals surface area contributed by atoms with Crippen molar-refractivity contribution in [2.75, 3.05) is 38.3 Å². The quantitative estimate of drug-likeness (QED) is 0.176. The second-order valence-corrected chi connectivity index (χ2v) is 10.7. The van der Waals surface area contributed by atoms with Gasteiger partial charge in [0.2, 0.25) is 5.91 Å². The van der Waals surface area contributed by atoms with Crippen molar-refractivity contribution in [1.82, 2.24) is 4.90 Å². The van der Waals surface area contributed by atoms with Gasteiger partial charge in [-0.1, -0.05) is 34.7 Å². The highest BCUT2D eigenvalue weighted by Gasteiger charge is 2.77. The molecule has 0 aliphatic carbocycles. The zero-order chi connectivity index (χ0) is 26.7.